The maximum atomic E-state index is 7.73. The van der Waals surface area contributed by atoms with Crippen LogP contribution < -0.4 is 26.4 Å². The number of fused-ring (bicyclic) bond motifs is 12. The van der Waals surface area contributed by atoms with Crippen molar-refractivity contribution in [3.63, 3.8) is 0 Å². The quantitative estimate of drug-likeness (QED) is 0.165. The number of hydrogen-bond acceptors (Lipinski definition) is 3. The van der Waals surface area contributed by atoms with E-state index in [1.165, 1.54) is 123 Å². The Morgan fingerprint density at radius 1 is 0.365 bits per heavy atom. The molecule has 0 unspecified atom stereocenters. The molecule has 3 aliphatic carbocycles. The van der Waals surface area contributed by atoms with E-state index in [4.69, 9.17) is 4.42 Å². The molecular weight excluding hydrogens is 1030 g/mol. The molecule has 5 aliphatic rings. The summed E-state index contributed by atoms with van der Waals surface area (Å²) in [4.78, 5) is 5.41. The van der Waals surface area contributed by atoms with E-state index in [9.17, 15) is 0 Å². The van der Waals surface area contributed by atoms with Gasteiger partial charge in [0, 0.05) is 44.6 Å². The summed E-state index contributed by atoms with van der Waals surface area (Å²) in [6.45, 7) is 50.7. The highest BCUT2D eigenvalue weighted by atomic mass is 16.3. The van der Waals surface area contributed by atoms with Crippen molar-refractivity contribution < 1.29 is 4.42 Å². The molecule has 0 N–H and O–H groups in total. The summed E-state index contributed by atoms with van der Waals surface area (Å²) >= 11 is 0. The van der Waals surface area contributed by atoms with Crippen LogP contribution in [0.3, 0.4) is 0 Å². The van der Waals surface area contributed by atoms with E-state index in [0.717, 1.165) is 54.7 Å². The first-order valence-electron chi connectivity index (χ1n) is 32.4. The normalized spacial score (nSPS) is 19.6. The molecule has 14 rings (SSSR count). The first kappa shape index (κ1) is 56.4. The summed E-state index contributed by atoms with van der Waals surface area (Å²) in [5.41, 5.74) is 28.2. The number of hydrogen-bond donors (Lipinski definition) is 0. The van der Waals surface area contributed by atoms with Gasteiger partial charge in [-0.1, -0.05) is 182 Å². The Morgan fingerprint density at radius 2 is 0.753 bits per heavy atom. The molecule has 0 amide bonds. The summed E-state index contributed by atoms with van der Waals surface area (Å²) < 4.78 is 10.4. The highest BCUT2D eigenvalue weighted by molar-refractivity contribution is 7.00. The number of benzene rings is 7. The van der Waals surface area contributed by atoms with Crippen LogP contribution in [0.4, 0.5) is 34.1 Å². The van der Waals surface area contributed by atoms with Crippen LogP contribution in [0, 0.1) is 0 Å². The fraction of sp³-hybridized carbons (Fsp3) is 0.450. The lowest BCUT2D eigenvalue weighted by Crippen LogP contribution is -2.61. The number of furan rings is 1. The van der Waals surface area contributed by atoms with Gasteiger partial charge in [-0.05, 0) is 227 Å². The van der Waals surface area contributed by atoms with Gasteiger partial charge in [-0.15, -0.1) is 0 Å². The molecule has 0 spiro atoms. The second-order valence-electron chi connectivity index (χ2n) is 34.3. The van der Waals surface area contributed by atoms with E-state index in [1.54, 1.807) is 0 Å². The predicted octanol–water partition coefficient (Wildman–Crippen LogP) is 20.6. The first-order chi connectivity index (χ1) is 39.5. The molecule has 0 fully saturated rings. The Bertz CT molecular complexity index is 4260. The van der Waals surface area contributed by atoms with Crippen molar-refractivity contribution in [2.75, 3.05) is 9.80 Å². The van der Waals surface area contributed by atoms with Crippen molar-refractivity contribution in [2.24, 2.45) is 0 Å². The molecule has 0 atom stereocenters. The van der Waals surface area contributed by atoms with E-state index >= 15 is 0 Å². The largest absolute Gasteiger partial charge is 0.468 e. The molecule has 7 aromatic carbocycles. The molecule has 0 saturated heterocycles. The maximum absolute atomic E-state index is 7.73. The van der Waals surface area contributed by atoms with Gasteiger partial charge in [-0.3, -0.25) is 0 Å². The van der Waals surface area contributed by atoms with E-state index < -0.39 is 0 Å². The standard InChI is InChI=1S/C80H94BN3O/c1-72(2,3)47-22-29-63-53(38-47)54-39-48(73(4,5)6)23-30-64(54)83(63)52-43-66-69-67(44-52)84(51-26-28-57-59(42-51)78(16,17)35-33-76(57,12)13)70-55-40-49(74(7,8)9)24-31-68(55)85-71(70)81(69)62-45-60-61(80(20,21)37-36-79(60,18)19)46-65(62)82(66)50-25-27-56-58(41-50)77(14,15)34-32-75(56,10)11/h22-31,38-46H,32-37H2,1-21H3. The number of anilines is 6. The lowest BCUT2D eigenvalue weighted by atomic mass is 9.35. The molecule has 9 aromatic rings. The third kappa shape index (κ3) is 8.40. The zero-order valence-electron chi connectivity index (χ0n) is 55.5. The van der Waals surface area contributed by atoms with Crippen molar-refractivity contribution in [3.05, 3.63) is 165 Å². The fourth-order valence-corrected chi connectivity index (χ4v) is 16.3. The molecule has 5 heteroatoms. The molecule has 438 valence electrons. The lowest BCUT2D eigenvalue weighted by Gasteiger charge is -2.47. The molecule has 2 aliphatic heterocycles. The van der Waals surface area contributed by atoms with Crippen LogP contribution in [0.2, 0.25) is 0 Å². The minimum absolute atomic E-state index is 0.00657. The minimum Gasteiger partial charge on any atom is -0.468 e. The van der Waals surface area contributed by atoms with Crippen LogP contribution in [0.1, 0.15) is 234 Å². The van der Waals surface area contributed by atoms with Gasteiger partial charge in [-0.2, -0.15) is 0 Å². The predicted molar refractivity (Wildman–Crippen MR) is 367 cm³/mol. The number of nitrogens with zero attached hydrogens (tertiary/aromatic N) is 3. The molecule has 0 saturated carbocycles. The summed E-state index contributed by atoms with van der Waals surface area (Å²) in [6, 6.07) is 47.4. The second-order valence-corrected chi connectivity index (χ2v) is 34.3. The van der Waals surface area contributed by atoms with Crippen molar-refractivity contribution in [1.82, 2.24) is 4.57 Å². The molecule has 4 nitrogen and oxygen atoms in total. The minimum atomic E-state index is -0.198. The van der Waals surface area contributed by atoms with Crippen LogP contribution in [0.25, 0.3) is 38.5 Å². The van der Waals surface area contributed by atoms with E-state index in [1.807, 2.05) is 0 Å². The van der Waals surface area contributed by atoms with Crippen molar-refractivity contribution in [2.45, 2.75) is 233 Å². The van der Waals surface area contributed by atoms with Gasteiger partial charge in [0.05, 0.1) is 28.1 Å². The summed E-state index contributed by atoms with van der Waals surface area (Å²) in [6.07, 6.45) is 6.89. The monoisotopic (exact) mass is 1120 g/mol. The summed E-state index contributed by atoms with van der Waals surface area (Å²) in [7, 11) is 0. The topological polar surface area (TPSA) is 24.6 Å². The SMILES string of the molecule is CC(C)(C)c1ccc2oc3c(c2c1)N(c1ccc2c(c1)C(C)(C)CCC2(C)C)c1cc(-n2c4ccc(C(C)(C)C)cc4c4cc(C(C)(C)C)ccc42)cc2c1B3c1cc3c(cc1N2c1ccc2c(c1)C(C)(C)CCC2(C)C)C(C)(C)CCC3(C)C. The van der Waals surface area contributed by atoms with Crippen LogP contribution >= 0.6 is 0 Å². The van der Waals surface area contributed by atoms with Crippen molar-refractivity contribution >= 4 is 90.2 Å². The van der Waals surface area contributed by atoms with Gasteiger partial charge in [0.1, 0.15) is 5.58 Å². The van der Waals surface area contributed by atoms with E-state index in [-0.39, 0.29) is 55.4 Å². The Morgan fingerprint density at radius 3 is 1.21 bits per heavy atom. The van der Waals surface area contributed by atoms with Crippen molar-refractivity contribution in [3.8, 4) is 5.69 Å². The van der Waals surface area contributed by atoms with Crippen LogP contribution in [-0.2, 0) is 48.7 Å². The molecule has 4 heterocycles. The average molecular weight is 1120 g/mol. The number of rotatable bonds is 3. The Labute approximate surface area is 509 Å². The highest BCUT2D eigenvalue weighted by Crippen LogP contribution is 2.56. The van der Waals surface area contributed by atoms with Gasteiger partial charge >= 0.3 is 0 Å². The highest BCUT2D eigenvalue weighted by Gasteiger charge is 2.51. The lowest BCUT2D eigenvalue weighted by molar-refractivity contribution is 0.332. The van der Waals surface area contributed by atoms with E-state index in [2.05, 4.69) is 275 Å². The molecule has 0 bridgehead atoms. The van der Waals surface area contributed by atoms with Gasteiger partial charge in [-0.25, -0.2) is 0 Å². The maximum Gasteiger partial charge on any atom is 0.297 e. The number of aromatic nitrogens is 1. The Hall–Kier alpha value is -6.46. The first-order valence-corrected chi connectivity index (χ1v) is 32.4. The third-order valence-corrected chi connectivity index (χ3v) is 22.4. The zero-order chi connectivity index (χ0) is 60.6. The zero-order valence-corrected chi connectivity index (χ0v) is 55.5. The second kappa shape index (κ2) is 17.6. The fourth-order valence-electron chi connectivity index (χ4n) is 16.3. The summed E-state index contributed by atoms with van der Waals surface area (Å²) in [5, 5.41) is 3.76. The third-order valence-electron chi connectivity index (χ3n) is 22.4. The van der Waals surface area contributed by atoms with Gasteiger partial charge in [0.2, 0.25) is 0 Å². The van der Waals surface area contributed by atoms with Crippen LogP contribution in [0.5, 0.6) is 0 Å². The van der Waals surface area contributed by atoms with Gasteiger partial charge < -0.3 is 18.8 Å². The van der Waals surface area contributed by atoms with Crippen LogP contribution in [0.15, 0.2) is 120 Å². The molecule has 0 radical (unpaired) electrons. The van der Waals surface area contributed by atoms with Gasteiger partial charge in [0.25, 0.3) is 6.71 Å². The van der Waals surface area contributed by atoms with Gasteiger partial charge in [0.15, 0.2) is 0 Å². The molecular formula is C80H94BN3O. The average Bonchev–Trinajstić information content (AvgIpc) is 1.72. The smallest absolute Gasteiger partial charge is 0.297 e. The Balaban J connectivity index is 1.18. The molecule has 85 heavy (non-hydrogen) atoms. The molecule has 2 aromatic heterocycles. The van der Waals surface area contributed by atoms with E-state index in [0.29, 0.717) is 0 Å². The summed E-state index contributed by atoms with van der Waals surface area (Å²) in [5.74, 6) is 0. The Kier molecular flexibility index (Phi) is 11.7. The van der Waals surface area contributed by atoms with Crippen LogP contribution in [-0.4, -0.2) is 11.3 Å². The van der Waals surface area contributed by atoms with Crippen molar-refractivity contribution in [1.29, 1.82) is 0 Å².